The number of nitrogens with zero attached hydrogens (tertiary/aromatic N) is 3. The Bertz CT molecular complexity index is 7220. The molecule has 118 heavy (non-hydrogen) atoms. The molecule has 0 aliphatic carbocycles. The monoisotopic (exact) mass is 1570 g/mol. The molecule has 0 saturated carbocycles. The van der Waals surface area contributed by atoms with Gasteiger partial charge in [0.05, 0.1) is 22.1 Å². The van der Waals surface area contributed by atoms with Gasteiger partial charge in [0, 0.05) is 65.8 Å². The summed E-state index contributed by atoms with van der Waals surface area (Å²) >= 11 is 3.56. The van der Waals surface area contributed by atoms with Crippen LogP contribution in [0.5, 0.6) is 0 Å². The van der Waals surface area contributed by atoms with Crippen molar-refractivity contribution in [1.29, 1.82) is 0 Å². The number of halogens is 1. The van der Waals surface area contributed by atoms with E-state index >= 15 is 0 Å². The van der Waals surface area contributed by atoms with Gasteiger partial charge in [0.2, 0.25) is 0 Å². The van der Waals surface area contributed by atoms with Crippen LogP contribution in [-0.2, 0) is 0 Å². The summed E-state index contributed by atoms with van der Waals surface area (Å²) in [7, 11) is 0. The molecule has 0 spiro atoms. The standard InChI is InChI=1S/C56H38N2.C30H22N2.C26H17Br.CH4/c1-4-16-40(17-5-1)55-48-23-10-12-25-50(48)56(51-26-13-11-24-49(51)55)41-30-35-46(36-31-41)57(43-18-6-2-7-19-43)45-33-28-39(29-34-45)42-32-37-54-52(38-42)47-22-14-15-27-53(47)58(54)44-20-8-3-9-21-44;1-3-9-24(10-4-1)31-25-18-15-22(16-19-25)23-17-20-30-28(21-23)27-13-7-8-14-29(27)32(30)26-11-5-2-6-12-26;27-20-16-14-19(15-17-20)26-23-12-6-4-10-21(23)25(18-8-2-1-3-9-18)22-11-5-7-13-24(22)26;/h1-38H;1-21,31H;1-17H;1H4. The number of hydrogen-bond acceptors (Lipinski definition) is 2. The van der Waals surface area contributed by atoms with Crippen molar-refractivity contribution in [2.45, 2.75) is 7.43 Å². The first-order valence-corrected chi connectivity index (χ1v) is 40.7. The Balaban J connectivity index is 0.000000129. The second-order valence-electron chi connectivity index (χ2n) is 29.6. The Labute approximate surface area is 696 Å². The smallest absolute Gasteiger partial charge is 0.0541 e. The van der Waals surface area contributed by atoms with E-state index in [1.807, 2.05) is 18.2 Å². The van der Waals surface area contributed by atoms with Crippen molar-refractivity contribution < 1.29 is 0 Å². The first-order chi connectivity index (χ1) is 58.0. The highest BCUT2D eigenvalue weighted by Crippen LogP contribution is 2.48. The Morgan fingerprint density at radius 3 is 0.797 bits per heavy atom. The Morgan fingerprint density at radius 2 is 0.432 bits per heavy atom. The Morgan fingerprint density at radius 1 is 0.186 bits per heavy atom. The number of benzene rings is 20. The average molecular weight is 1570 g/mol. The highest BCUT2D eigenvalue weighted by molar-refractivity contribution is 9.10. The zero-order chi connectivity index (χ0) is 78.0. The predicted molar refractivity (Wildman–Crippen MR) is 509 cm³/mol. The summed E-state index contributed by atoms with van der Waals surface area (Å²) in [5, 5.41) is 18.7. The van der Waals surface area contributed by atoms with E-state index in [0.29, 0.717) is 0 Å². The van der Waals surface area contributed by atoms with Gasteiger partial charge < -0.3 is 19.4 Å². The third-order valence-electron chi connectivity index (χ3n) is 22.7. The van der Waals surface area contributed by atoms with E-state index in [1.54, 1.807) is 0 Å². The van der Waals surface area contributed by atoms with Crippen molar-refractivity contribution in [1.82, 2.24) is 9.13 Å². The van der Waals surface area contributed by atoms with Crippen LogP contribution in [0.4, 0.5) is 28.4 Å². The fourth-order valence-corrected chi connectivity index (χ4v) is 17.6. The van der Waals surface area contributed by atoms with Gasteiger partial charge in [-0.3, -0.25) is 0 Å². The van der Waals surface area contributed by atoms with Crippen molar-refractivity contribution in [3.8, 4) is 78.1 Å². The van der Waals surface area contributed by atoms with E-state index < -0.39 is 0 Å². The highest BCUT2D eigenvalue weighted by Gasteiger charge is 2.22. The molecule has 22 aromatic rings. The number of nitrogens with one attached hydrogen (secondary N) is 1. The molecule has 2 heterocycles. The topological polar surface area (TPSA) is 25.1 Å². The van der Waals surface area contributed by atoms with Gasteiger partial charge in [0.25, 0.3) is 0 Å². The summed E-state index contributed by atoms with van der Waals surface area (Å²) in [5.41, 5.74) is 27.6. The van der Waals surface area contributed by atoms with Crippen molar-refractivity contribution in [3.63, 3.8) is 0 Å². The molecule has 5 heteroatoms. The molecule has 22 rings (SSSR count). The summed E-state index contributed by atoms with van der Waals surface area (Å²) in [4.78, 5) is 2.35. The summed E-state index contributed by atoms with van der Waals surface area (Å²) in [5.74, 6) is 0. The van der Waals surface area contributed by atoms with E-state index in [4.69, 9.17) is 0 Å². The largest absolute Gasteiger partial charge is 0.356 e. The lowest BCUT2D eigenvalue weighted by molar-refractivity contribution is 1.18. The van der Waals surface area contributed by atoms with Gasteiger partial charge >= 0.3 is 0 Å². The van der Waals surface area contributed by atoms with Gasteiger partial charge in [-0.25, -0.2) is 0 Å². The van der Waals surface area contributed by atoms with Crippen LogP contribution >= 0.6 is 15.9 Å². The number of fused-ring (bicyclic) bond motifs is 10. The predicted octanol–water partition coefficient (Wildman–Crippen LogP) is 32.5. The minimum Gasteiger partial charge on any atom is -0.356 e. The molecule has 1 N–H and O–H groups in total. The molecular formula is C113H81BrN4. The molecule has 0 amide bonds. The second kappa shape index (κ2) is 32.5. The summed E-state index contributed by atoms with van der Waals surface area (Å²) in [6.07, 6.45) is 0. The van der Waals surface area contributed by atoms with Crippen molar-refractivity contribution in [2.75, 3.05) is 10.2 Å². The quantitative estimate of drug-likeness (QED) is 0.116. The molecule has 0 fully saturated rings. The number of anilines is 5. The van der Waals surface area contributed by atoms with Crippen LogP contribution in [0.2, 0.25) is 0 Å². The molecular weight excluding hydrogens is 1490 g/mol. The zero-order valence-electron chi connectivity index (χ0n) is 64.1. The van der Waals surface area contributed by atoms with Crippen molar-refractivity contribution in [3.05, 3.63) is 466 Å². The van der Waals surface area contributed by atoms with Gasteiger partial charge in [-0.1, -0.05) is 351 Å². The summed E-state index contributed by atoms with van der Waals surface area (Å²) < 4.78 is 5.81. The molecule has 0 unspecified atom stereocenters. The fraction of sp³-hybridized carbons (Fsp3) is 0.00885. The third kappa shape index (κ3) is 14.0. The molecule has 0 bridgehead atoms. The van der Waals surface area contributed by atoms with Gasteiger partial charge in [0.15, 0.2) is 0 Å². The number of rotatable bonds is 13. The molecule has 20 aromatic carbocycles. The van der Waals surface area contributed by atoms with E-state index in [1.165, 1.54) is 165 Å². The van der Waals surface area contributed by atoms with Crippen LogP contribution in [0.3, 0.4) is 0 Å². The molecule has 0 atom stereocenters. The van der Waals surface area contributed by atoms with Gasteiger partial charge in [-0.05, 0) is 243 Å². The Kier molecular flexibility index (Phi) is 20.2. The number of para-hydroxylation sites is 6. The first kappa shape index (κ1) is 73.3. The lowest BCUT2D eigenvalue weighted by Crippen LogP contribution is -2.09. The summed E-state index contributed by atoms with van der Waals surface area (Å²) in [6.45, 7) is 0. The molecule has 0 aliphatic rings. The van der Waals surface area contributed by atoms with Crippen molar-refractivity contribution in [2.24, 2.45) is 0 Å². The van der Waals surface area contributed by atoms with Crippen LogP contribution < -0.4 is 10.2 Å². The maximum Gasteiger partial charge on any atom is 0.0541 e. The van der Waals surface area contributed by atoms with Crippen LogP contribution in [-0.4, -0.2) is 9.13 Å². The molecule has 2 aromatic heterocycles. The molecule has 4 nitrogen and oxygen atoms in total. The molecule has 0 saturated heterocycles. The van der Waals surface area contributed by atoms with E-state index in [0.717, 1.165) is 32.9 Å². The Hall–Kier alpha value is -14.9. The van der Waals surface area contributed by atoms with Crippen molar-refractivity contribution >= 4 is 131 Å². The molecule has 0 radical (unpaired) electrons. The van der Waals surface area contributed by atoms with Crippen LogP contribution in [0.25, 0.3) is 165 Å². The second-order valence-corrected chi connectivity index (χ2v) is 30.5. The summed E-state index contributed by atoms with van der Waals surface area (Å²) in [6, 6.07) is 165. The maximum atomic E-state index is 3.56. The lowest BCUT2D eigenvalue weighted by Gasteiger charge is -2.26. The van der Waals surface area contributed by atoms with E-state index in [-0.39, 0.29) is 7.43 Å². The normalized spacial score (nSPS) is 11.2. The maximum absolute atomic E-state index is 3.56. The zero-order valence-corrected chi connectivity index (χ0v) is 65.7. The molecule has 560 valence electrons. The molecule has 0 aliphatic heterocycles. The average Bonchev–Trinajstić information content (AvgIpc) is 1.19. The van der Waals surface area contributed by atoms with Gasteiger partial charge in [-0.15, -0.1) is 0 Å². The number of aromatic nitrogens is 2. The van der Waals surface area contributed by atoms with Crippen LogP contribution in [0.15, 0.2) is 466 Å². The van der Waals surface area contributed by atoms with E-state index in [2.05, 4.69) is 478 Å². The van der Waals surface area contributed by atoms with E-state index in [9.17, 15) is 0 Å². The minimum absolute atomic E-state index is 0. The SMILES string of the molecule is Brc1ccc(-c2c3ccccc3c(-c3ccccc3)c3ccccc23)cc1.C.c1ccc(-c2c3ccccc3c(-c3ccc(N(c4ccccc4)c4ccc(-c5ccc6c(c5)c5ccccc5n6-c5ccccc5)cc4)cc3)c3ccccc23)cc1.c1ccc(Nc2ccc(-c3ccc4c(c3)c3ccccc3n4-c3ccccc3)cc2)cc1. The van der Waals surface area contributed by atoms with Crippen LogP contribution in [0, 0.1) is 0 Å². The lowest BCUT2D eigenvalue weighted by atomic mass is 9.86. The fourth-order valence-electron chi connectivity index (χ4n) is 17.4. The number of hydrogen-bond donors (Lipinski definition) is 1. The third-order valence-corrected chi connectivity index (χ3v) is 23.2. The van der Waals surface area contributed by atoms with Gasteiger partial charge in [-0.2, -0.15) is 0 Å². The van der Waals surface area contributed by atoms with Gasteiger partial charge in [0.1, 0.15) is 0 Å². The van der Waals surface area contributed by atoms with Crippen LogP contribution in [0.1, 0.15) is 7.43 Å². The minimum atomic E-state index is 0. The highest BCUT2D eigenvalue weighted by atomic mass is 79.9. The first-order valence-electron chi connectivity index (χ1n) is 39.9.